The van der Waals surface area contributed by atoms with E-state index in [0.29, 0.717) is 37.4 Å². The average molecular weight is 378 g/mol. The highest BCUT2D eigenvalue weighted by Gasteiger charge is 2.32. The van der Waals surface area contributed by atoms with E-state index >= 15 is 0 Å². The molecule has 7 heteroatoms. The van der Waals surface area contributed by atoms with Crippen LogP contribution < -0.4 is 10.6 Å². The Morgan fingerprint density at radius 2 is 1.92 bits per heavy atom. The van der Waals surface area contributed by atoms with Crippen LogP contribution in [0.25, 0.3) is 0 Å². The van der Waals surface area contributed by atoms with Gasteiger partial charge in [-0.05, 0) is 44.9 Å². The van der Waals surface area contributed by atoms with Crippen molar-refractivity contribution < 1.29 is 13.2 Å². The van der Waals surface area contributed by atoms with E-state index in [4.69, 9.17) is 0 Å². The molecule has 3 rings (SSSR count). The fourth-order valence-corrected chi connectivity index (χ4v) is 4.86. The second-order valence-electron chi connectivity index (χ2n) is 7.03. The zero-order valence-electron chi connectivity index (χ0n) is 15.2. The SMILES string of the molecule is Cc1ccc(S(=O)(=O)N2CCC(C(=O)NCC3=CCNCC3)CC2)cc1. The molecule has 2 N–H and O–H groups in total. The number of nitrogens with zero attached hydrogens (tertiary/aromatic N) is 1. The number of nitrogens with one attached hydrogen (secondary N) is 2. The Hall–Kier alpha value is -1.70. The summed E-state index contributed by atoms with van der Waals surface area (Å²) in [6.07, 6.45) is 4.23. The van der Waals surface area contributed by atoms with Gasteiger partial charge in [0.1, 0.15) is 0 Å². The standard InChI is InChI=1S/C19H27N3O3S/c1-15-2-4-18(5-3-15)26(24,25)22-12-8-17(9-13-22)19(23)21-14-16-6-10-20-11-7-16/h2-6,17,20H,7-14H2,1H3,(H,21,23). The number of aryl methyl sites for hydroxylation is 1. The molecule has 1 aromatic carbocycles. The second-order valence-corrected chi connectivity index (χ2v) is 8.96. The number of carbonyl (C=O) groups excluding carboxylic acids is 1. The Morgan fingerprint density at radius 1 is 1.23 bits per heavy atom. The van der Waals surface area contributed by atoms with Crippen molar-refractivity contribution in [2.45, 2.75) is 31.1 Å². The van der Waals surface area contributed by atoms with E-state index in [1.165, 1.54) is 9.88 Å². The molecule has 2 aliphatic rings. The number of carbonyl (C=O) groups is 1. The van der Waals surface area contributed by atoms with Crippen molar-refractivity contribution >= 4 is 15.9 Å². The molecule has 1 aromatic rings. The molecule has 26 heavy (non-hydrogen) atoms. The predicted octanol–water partition coefficient (Wildman–Crippen LogP) is 1.43. The number of rotatable bonds is 5. The highest BCUT2D eigenvalue weighted by atomic mass is 32.2. The summed E-state index contributed by atoms with van der Waals surface area (Å²) >= 11 is 0. The molecule has 0 aliphatic carbocycles. The van der Waals surface area contributed by atoms with Crippen LogP contribution in [0.15, 0.2) is 40.8 Å². The Labute approximate surface area is 155 Å². The largest absolute Gasteiger partial charge is 0.352 e. The monoisotopic (exact) mass is 377 g/mol. The van der Waals surface area contributed by atoms with Crippen molar-refractivity contribution in [1.29, 1.82) is 0 Å². The Bertz CT molecular complexity index is 764. The first-order valence-electron chi connectivity index (χ1n) is 9.20. The third kappa shape index (κ3) is 4.52. The first kappa shape index (κ1) is 19.1. The van der Waals surface area contributed by atoms with Crippen molar-refractivity contribution in [3.05, 3.63) is 41.5 Å². The smallest absolute Gasteiger partial charge is 0.243 e. The fourth-order valence-electron chi connectivity index (χ4n) is 3.39. The summed E-state index contributed by atoms with van der Waals surface area (Å²) < 4.78 is 26.9. The molecule has 0 bridgehead atoms. The van der Waals surface area contributed by atoms with Crippen LogP contribution in [-0.2, 0) is 14.8 Å². The van der Waals surface area contributed by atoms with Gasteiger partial charge in [-0.15, -0.1) is 0 Å². The van der Waals surface area contributed by atoms with Gasteiger partial charge in [0.2, 0.25) is 15.9 Å². The second kappa shape index (κ2) is 8.33. The van der Waals surface area contributed by atoms with Gasteiger partial charge in [0.25, 0.3) is 0 Å². The Balaban J connectivity index is 1.52. The van der Waals surface area contributed by atoms with E-state index in [1.807, 2.05) is 19.1 Å². The highest BCUT2D eigenvalue weighted by Crippen LogP contribution is 2.24. The van der Waals surface area contributed by atoms with Crippen LogP contribution in [0.4, 0.5) is 0 Å². The van der Waals surface area contributed by atoms with Crippen molar-refractivity contribution in [1.82, 2.24) is 14.9 Å². The fraction of sp³-hybridized carbons (Fsp3) is 0.526. The Morgan fingerprint density at radius 3 is 2.54 bits per heavy atom. The van der Waals surface area contributed by atoms with Gasteiger partial charge in [0.05, 0.1) is 4.90 Å². The van der Waals surface area contributed by atoms with E-state index in [1.54, 1.807) is 12.1 Å². The van der Waals surface area contributed by atoms with Gasteiger partial charge in [-0.1, -0.05) is 29.3 Å². The maximum Gasteiger partial charge on any atom is 0.243 e. The normalized spacial score (nSPS) is 19.8. The van der Waals surface area contributed by atoms with Crippen LogP contribution in [0, 0.1) is 12.8 Å². The number of hydrogen-bond acceptors (Lipinski definition) is 4. The molecule has 1 amide bonds. The van der Waals surface area contributed by atoms with Crippen LogP contribution in [0.1, 0.15) is 24.8 Å². The van der Waals surface area contributed by atoms with Crippen molar-refractivity contribution in [2.24, 2.45) is 5.92 Å². The van der Waals surface area contributed by atoms with E-state index in [0.717, 1.165) is 25.1 Å². The number of piperidine rings is 1. The molecule has 1 saturated heterocycles. The summed E-state index contributed by atoms with van der Waals surface area (Å²) in [5.74, 6) is -0.0707. The van der Waals surface area contributed by atoms with Gasteiger partial charge in [-0.25, -0.2) is 8.42 Å². The third-order valence-electron chi connectivity index (χ3n) is 5.13. The summed E-state index contributed by atoms with van der Waals surface area (Å²) in [6, 6.07) is 6.91. The lowest BCUT2D eigenvalue weighted by molar-refractivity contribution is -0.125. The van der Waals surface area contributed by atoms with Crippen LogP contribution in [0.5, 0.6) is 0 Å². The van der Waals surface area contributed by atoms with Crippen molar-refractivity contribution in [3.8, 4) is 0 Å². The number of benzene rings is 1. The lowest BCUT2D eigenvalue weighted by Gasteiger charge is -2.30. The molecule has 6 nitrogen and oxygen atoms in total. The van der Waals surface area contributed by atoms with E-state index in [-0.39, 0.29) is 11.8 Å². The zero-order valence-corrected chi connectivity index (χ0v) is 16.0. The molecule has 0 atom stereocenters. The van der Waals surface area contributed by atoms with Gasteiger partial charge in [0, 0.05) is 32.1 Å². The summed E-state index contributed by atoms with van der Waals surface area (Å²) in [4.78, 5) is 12.7. The van der Waals surface area contributed by atoms with Crippen molar-refractivity contribution in [3.63, 3.8) is 0 Å². The van der Waals surface area contributed by atoms with E-state index in [2.05, 4.69) is 16.7 Å². The van der Waals surface area contributed by atoms with Crippen LogP contribution in [0.3, 0.4) is 0 Å². The van der Waals surface area contributed by atoms with Crippen molar-refractivity contribution in [2.75, 3.05) is 32.7 Å². The zero-order chi connectivity index (χ0) is 18.6. The molecule has 2 heterocycles. The summed E-state index contributed by atoms with van der Waals surface area (Å²) in [5.41, 5.74) is 2.29. The van der Waals surface area contributed by atoms with Gasteiger partial charge in [-0.2, -0.15) is 4.31 Å². The molecule has 0 aromatic heterocycles. The first-order chi connectivity index (χ1) is 12.5. The maximum atomic E-state index is 12.7. The molecule has 142 valence electrons. The average Bonchev–Trinajstić information content (AvgIpc) is 2.67. The number of hydrogen-bond donors (Lipinski definition) is 2. The Kier molecular flexibility index (Phi) is 6.11. The first-order valence-corrected chi connectivity index (χ1v) is 10.6. The molecule has 0 spiro atoms. The summed E-state index contributed by atoms with van der Waals surface area (Å²) in [7, 11) is -3.47. The quantitative estimate of drug-likeness (QED) is 0.761. The topological polar surface area (TPSA) is 78.5 Å². The molecular formula is C19H27N3O3S. The minimum absolute atomic E-state index is 0.0387. The lowest BCUT2D eigenvalue weighted by atomic mass is 9.97. The molecule has 2 aliphatic heterocycles. The molecular weight excluding hydrogens is 350 g/mol. The van der Waals surface area contributed by atoms with Gasteiger partial charge in [-0.3, -0.25) is 4.79 Å². The van der Waals surface area contributed by atoms with Gasteiger partial charge >= 0.3 is 0 Å². The third-order valence-corrected chi connectivity index (χ3v) is 7.04. The summed E-state index contributed by atoms with van der Waals surface area (Å²) in [6.45, 7) is 5.13. The van der Waals surface area contributed by atoms with Crippen LogP contribution >= 0.6 is 0 Å². The predicted molar refractivity (Wildman–Crippen MR) is 101 cm³/mol. The van der Waals surface area contributed by atoms with Crippen LogP contribution in [-0.4, -0.2) is 51.4 Å². The van der Waals surface area contributed by atoms with E-state index < -0.39 is 10.0 Å². The number of sulfonamides is 1. The molecule has 1 fully saturated rings. The molecule has 0 radical (unpaired) electrons. The lowest BCUT2D eigenvalue weighted by Crippen LogP contribution is -2.43. The maximum absolute atomic E-state index is 12.7. The molecule has 0 unspecified atom stereocenters. The summed E-state index contributed by atoms with van der Waals surface area (Å²) in [5, 5.41) is 6.26. The van der Waals surface area contributed by atoms with Gasteiger partial charge in [0.15, 0.2) is 0 Å². The van der Waals surface area contributed by atoms with E-state index in [9.17, 15) is 13.2 Å². The minimum Gasteiger partial charge on any atom is -0.352 e. The number of amides is 1. The van der Waals surface area contributed by atoms with Gasteiger partial charge < -0.3 is 10.6 Å². The van der Waals surface area contributed by atoms with Crippen LogP contribution in [0.2, 0.25) is 0 Å². The highest BCUT2D eigenvalue weighted by molar-refractivity contribution is 7.89. The minimum atomic E-state index is -3.47. The molecule has 0 saturated carbocycles.